The number of carbonyl (C=O) groups excluding carboxylic acids is 1. The molecule has 0 spiro atoms. The highest BCUT2D eigenvalue weighted by Crippen LogP contribution is 2.17. The van der Waals surface area contributed by atoms with Gasteiger partial charge >= 0.3 is 0 Å². The summed E-state index contributed by atoms with van der Waals surface area (Å²) in [5.74, 6) is 0.470. The average molecular weight is 315 g/mol. The number of hydrogen-bond acceptors (Lipinski definition) is 2. The van der Waals surface area contributed by atoms with Crippen molar-refractivity contribution in [2.24, 2.45) is 5.92 Å². The Morgan fingerprint density at radius 3 is 2.67 bits per heavy atom. The first-order valence-electron chi connectivity index (χ1n) is 5.28. The zero-order valence-corrected chi connectivity index (χ0v) is 10.7. The second-order valence-electron chi connectivity index (χ2n) is 3.91. The maximum absolute atomic E-state index is 12.1. The minimum Gasteiger partial charge on any atom is -0.316 e. The molecule has 1 aliphatic heterocycles. The van der Waals surface area contributed by atoms with E-state index in [1.165, 1.54) is 3.57 Å². The van der Waals surface area contributed by atoms with Crippen molar-refractivity contribution >= 4 is 28.4 Å². The van der Waals surface area contributed by atoms with Crippen LogP contribution in [0.1, 0.15) is 23.2 Å². The normalized spacial score (nSPS) is 21.3. The smallest absolute Gasteiger partial charge is 0.167 e. The lowest BCUT2D eigenvalue weighted by Gasteiger charge is -2.21. The van der Waals surface area contributed by atoms with Crippen LogP contribution in [0.2, 0.25) is 0 Å². The lowest BCUT2D eigenvalue weighted by Crippen LogP contribution is -2.34. The second kappa shape index (κ2) is 5.07. The molecule has 0 bridgehead atoms. The van der Waals surface area contributed by atoms with E-state index in [-0.39, 0.29) is 5.92 Å². The Balaban J connectivity index is 2.09. The highest BCUT2D eigenvalue weighted by molar-refractivity contribution is 14.1. The lowest BCUT2D eigenvalue weighted by molar-refractivity contribution is 0.0899. The summed E-state index contributed by atoms with van der Waals surface area (Å²) < 4.78 is 1.17. The van der Waals surface area contributed by atoms with Crippen molar-refractivity contribution in [3.05, 3.63) is 33.4 Å². The van der Waals surface area contributed by atoms with Crippen molar-refractivity contribution in [1.82, 2.24) is 5.32 Å². The van der Waals surface area contributed by atoms with Crippen LogP contribution in [0.15, 0.2) is 24.3 Å². The predicted molar refractivity (Wildman–Crippen MR) is 69.1 cm³/mol. The van der Waals surface area contributed by atoms with Gasteiger partial charge in [0, 0.05) is 21.6 Å². The summed E-state index contributed by atoms with van der Waals surface area (Å²) in [7, 11) is 0. The van der Waals surface area contributed by atoms with Gasteiger partial charge < -0.3 is 5.32 Å². The van der Waals surface area contributed by atoms with E-state index in [4.69, 9.17) is 0 Å². The third kappa shape index (κ3) is 2.78. The highest BCUT2D eigenvalue weighted by Gasteiger charge is 2.21. The standard InChI is InChI=1S/C12H14INO/c13-11-5-3-9(4-6-11)12(15)10-2-1-7-14-8-10/h3-6,10,14H,1-2,7-8H2. The van der Waals surface area contributed by atoms with Crippen LogP contribution in [0.3, 0.4) is 0 Å². The minimum absolute atomic E-state index is 0.179. The van der Waals surface area contributed by atoms with Crippen molar-refractivity contribution in [1.29, 1.82) is 0 Å². The fourth-order valence-electron chi connectivity index (χ4n) is 1.93. The Morgan fingerprint density at radius 2 is 2.07 bits per heavy atom. The van der Waals surface area contributed by atoms with Gasteiger partial charge in [-0.1, -0.05) is 12.1 Å². The van der Waals surface area contributed by atoms with Crippen molar-refractivity contribution in [2.75, 3.05) is 13.1 Å². The Labute approximate surface area is 104 Å². The quantitative estimate of drug-likeness (QED) is 0.671. The Bertz CT molecular complexity index is 341. The summed E-state index contributed by atoms with van der Waals surface area (Å²) in [6.45, 7) is 1.89. The molecule has 1 aliphatic rings. The van der Waals surface area contributed by atoms with E-state index in [9.17, 15) is 4.79 Å². The molecule has 0 saturated carbocycles. The number of benzene rings is 1. The molecule has 2 nitrogen and oxygen atoms in total. The van der Waals surface area contributed by atoms with E-state index >= 15 is 0 Å². The third-order valence-electron chi connectivity index (χ3n) is 2.80. The van der Waals surface area contributed by atoms with Gasteiger partial charge in [-0.2, -0.15) is 0 Å². The molecule has 1 saturated heterocycles. The Morgan fingerprint density at radius 1 is 1.33 bits per heavy atom. The van der Waals surface area contributed by atoms with E-state index in [2.05, 4.69) is 27.9 Å². The van der Waals surface area contributed by atoms with Gasteiger partial charge in [-0.15, -0.1) is 0 Å². The number of Topliss-reactive ketones (excluding diaryl/α,β-unsaturated/α-hetero) is 1. The van der Waals surface area contributed by atoms with Gasteiger partial charge in [0.25, 0.3) is 0 Å². The van der Waals surface area contributed by atoms with Crippen LogP contribution in [0.25, 0.3) is 0 Å². The molecule has 0 aliphatic carbocycles. The number of ketones is 1. The van der Waals surface area contributed by atoms with Crippen LogP contribution in [0, 0.1) is 9.49 Å². The predicted octanol–water partition coefficient (Wildman–Crippen LogP) is 2.47. The molecule has 1 heterocycles. The molecule has 1 aromatic rings. The number of halogens is 1. The first-order valence-corrected chi connectivity index (χ1v) is 6.36. The molecule has 1 N–H and O–H groups in total. The minimum atomic E-state index is 0.179. The number of piperidine rings is 1. The number of rotatable bonds is 2. The Hall–Kier alpha value is -0.420. The fourth-order valence-corrected chi connectivity index (χ4v) is 2.29. The third-order valence-corrected chi connectivity index (χ3v) is 3.52. The fraction of sp³-hybridized carbons (Fsp3) is 0.417. The van der Waals surface area contributed by atoms with Crippen LogP contribution in [-0.2, 0) is 0 Å². The molecule has 2 rings (SSSR count). The van der Waals surface area contributed by atoms with Crippen molar-refractivity contribution < 1.29 is 4.79 Å². The first-order chi connectivity index (χ1) is 7.27. The van der Waals surface area contributed by atoms with Gasteiger partial charge in [-0.3, -0.25) is 4.79 Å². The summed E-state index contributed by atoms with van der Waals surface area (Å²) >= 11 is 2.25. The van der Waals surface area contributed by atoms with Gasteiger partial charge in [0.1, 0.15) is 0 Å². The molecule has 1 unspecified atom stereocenters. The molecule has 0 amide bonds. The van der Waals surface area contributed by atoms with E-state index in [1.807, 2.05) is 24.3 Å². The molecular weight excluding hydrogens is 301 g/mol. The number of nitrogens with one attached hydrogen (secondary N) is 1. The van der Waals surface area contributed by atoms with Crippen molar-refractivity contribution in [3.8, 4) is 0 Å². The van der Waals surface area contributed by atoms with Crippen molar-refractivity contribution in [3.63, 3.8) is 0 Å². The maximum atomic E-state index is 12.1. The van der Waals surface area contributed by atoms with Crippen LogP contribution >= 0.6 is 22.6 Å². The summed E-state index contributed by atoms with van der Waals surface area (Å²) in [6, 6.07) is 7.84. The second-order valence-corrected chi connectivity index (χ2v) is 5.16. The summed E-state index contributed by atoms with van der Waals surface area (Å²) in [5, 5.41) is 3.27. The van der Waals surface area contributed by atoms with Crippen molar-refractivity contribution in [2.45, 2.75) is 12.8 Å². The topological polar surface area (TPSA) is 29.1 Å². The van der Waals surface area contributed by atoms with Gasteiger partial charge in [-0.25, -0.2) is 0 Å². The lowest BCUT2D eigenvalue weighted by atomic mass is 9.91. The molecule has 3 heteroatoms. The molecule has 80 valence electrons. The van der Waals surface area contributed by atoms with E-state index in [0.29, 0.717) is 5.78 Å². The molecule has 1 fully saturated rings. The van der Waals surface area contributed by atoms with Gasteiger partial charge in [0.15, 0.2) is 5.78 Å². The van der Waals surface area contributed by atoms with Crippen LogP contribution in [0.5, 0.6) is 0 Å². The first kappa shape index (κ1) is 11.1. The molecule has 1 aromatic carbocycles. The largest absolute Gasteiger partial charge is 0.316 e. The summed E-state index contributed by atoms with van der Waals surface area (Å²) in [6.07, 6.45) is 2.14. The number of hydrogen-bond donors (Lipinski definition) is 1. The van der Waals surface area contributed by atoms with E-state index in [0.717, 1.165) is 31.5 Å². The van der Waals surface area contributed by atoms with Gasteiger partial charge in [0.05, 0.1) is 0 Å². The molecule has 15 heavy (non-hydrogen) atoms. The van der Waals surface area contributed by atoms with Gasteiger partial charge in [0.2, 0.25) is 0 Å². The monoisotopic (exact) mass is 315 g/mol. The maximum Gasteiger partial charge on any atom is 0.167 e. The van der Waals surface area contributed by atoms with Crippen LogP contribution in [-0.4, -0.2) is 18.9 Å². The van der Waals surface area contributed by atoms with E-state index < -0.39 is 0 Å². The zero-order chi connectivity index (χ0) is 10.7. The summed E-state index contributed by atoms with van der Waals surface area (Å²) in [4.78, 5) is 12.1. The SMILES string of the molecule is O=C(c1ccc(I)cc1)C1CCCNC1. The molecule has 0 aromatic heterocycles. The molecular formula is C12H14INO. The average Bonchev–Trinajstić information content (AvgIpc) is 2.30. The van der Waals surface area contributed by atoms with Gasteiger partial charge in [-0.05, 0) is 54.1 Å². The molecule has 1 atom stereocenters. The zero-order valence-electron chi connectivity index (χ0n) is 8.50. The highest BCUT2D eigenvalue weighted by atomic mass is 127. The van der Waals surface area contributed by atoms with E-state index in [1.54, 1.807) is 0 Å². The summed E-state index contributed by atoms with van der Waals surface area (Å²) in [5.41, 5.74) is 0.851. The Kier molecular flexibility index (Phi) is 3.75. The number of carbonyl (C=O) groups is 1. The molecule has 0 radical (unpaired) electrons. The van der Waals surface area contributed by atoms with Crippen LogP contribution in [0.4, 0.5) is 0 Å². The van der Waals surface area contributed by atoms with Crippen LogP contribution < -0.4 is 5.32 Å².